The molecule has 4 aromatic rings. The Morgan fingerprint density at radius 2 is 1.71 bits per heavy atom. The van der Waals surface area contributed by atoms with E-state index in [2.05, 4.69) is 31.4 Å². The van der Waals surface area contributed by atoms with Crippen molar-refractivity contribution < 1.29 is 23.9 Å². The van der Waals surface area contributed by atoms with Crippen LogP contribution >= 0.6 is 0 Å². The number of anilines is 1. The van der Waals surface area contributed by atoms with Gasteiger partial charge in [-0.2, -0.15) is 5.10 Å². The molecule has 2 aromatic carbocycles. The van der Waals surface area contributed by atoms with Gasteiger partial charge >= 0.3 is 0 Å². The summed E-state index contributed by atoms with van der Waals surface area (Å²) >= 11 is 0. The van der Waals surface area contributed by atoms with E-state index >= 15 is 0 Å². The Morgan fingerprint density at radius 3 is 2.41 bits per heavy atom. The average Bonchev–Trinajstić information content (AvgIpc) is 3.71. The summed E-state index contributed by atoms with van der Waals surface area (Å²) in [7, 11) is 5.07. The Labute approximate surface area is 282 Å². The highest BCUT2D eigenvalue weighted by Crippen LogP contribution is 2.45. The number of piperidine rings is 2. The molecule has 0 aliphatic carbocycles. The lowest BCUT2D eigenvalue weighted by Gasteiger charge is -2.55. The molecule has 0 saturated carbocycles. The second-order valence-electron chi connectivity index (χ2n) is 13.9. The third-order valence-corrected chi connectivity index (χ3v) is 10.9. The number of aryl methyl sites for hydroxylation is 1. The van der Waals surface area contributed by atoms with Gasteiger partial charge in [-0.05, 0) is 67.7 Å². The van der Waals surface area contributed by atoms with Crippen LogP contribution in [0.25, 0.3) is 22.0 Å². The van der Waals surface area contributed by atoms with Crippen molar-refractivity contribution in [2.45, 2.75) is 44.8 Å². The van der Waals surface area contributed by atoms with Gasteiger partial charge in [0, 0.05) is 68.1 Å². The Kier molecular flexibility index (Phi) is 7.47. The van der Waals surface area contributed by atoms with Crippen LogP contribution in [-0.2, 0) is 29.7 Å². The first-order chi connectivity index (χ1) is 23.7. The molecule has 8 rings (SSSR count). The van der Waals surface area contributed by atoms with E-state index in [1.807, 2.05) is 24.3 Å². The molecule has 2 N–H and O–H groups in total. The zero-order valence-corrected chi connectivity index (χ0v) is 27.9. The van der Waals surface area contributed by atoms with Crippen molar-refractivity contribution >= 4 is 34.3 Å². The first-order valence-corrected chi connectivity index (χ1v) is 16.7. The average molecular weight is 666 g/mol. The largest absolute Gasteiger partial charge is 0.496 e. The second-order valence-corrected chi connectivity index (χ2v) is 13.9. The maximum atomic E-state index is 13.3. The number of fused-ring (bicyclic) bond motifs is 2. The SMILES string of the molecule is COc1cc(-c2cn(C)c(=O)c3cn[nH]c23)cc(OC)c1CN1CCC2(CC1)CN(c1ccc3c(c1)C(=O)N(C1CCC(=O)NC1=O)C3)C2. The van der Waals surface area contributed by atoms with Crippen molar-refractivity contribution in [3.05, 3.63) is 69.8 Å². The van der Waals surface area contributed by atoms with E-state index in [4.69, 9.17) is 9.47 Å². The van der Waals surface area contributed by atoms with Gasteiger partial charge in [0.15, 0.2) is 0 Å². The number of H-pyrrole nitrogens is 1. The molecule has 13 heteroatoms. The molecule has 1 spiro atoms. The number of pyridine rings is 1. The van der Waals surface area contributed by atoms with Crippen LogP contribution < -0.4 is 25.2 Å². The van der Waals surface area contributed by atoms with Crippen molar-refractivity contribution in [3.63, 3.8) is 0 Å². The summed E-state index contributed by atoms with van der Waals surface area (Å²) in [4.78, 5) is 56.4. The predicted octanol–water partition coefficient (Wildman–Crippen LogP) is 2.81. The summed E-state index contributed by atoms with van der Waals surface area (Å²) in [5, 5.41) is 9.98. The zero-order valence-electron chi connectivity index (χ0n) is 27.9. The number of hydrogen-bond acceptors (Lipinski definition) is 9. The number of methoxy groups -OCH3 is 2. The molecule has 2 aromatic heterocycles. The van der Waals surface area contributed by atoms with Crippen molar-refractivity contribution in [2.24, 2.45) is 12.5 Å². The number of imide groups is 1. The summed E-state index contributed by atoms with van der Waals surface area (Å²) in [6, 6.07) is 9.45. The molecule has 4 aliphatic heterocycles. The fraction of sp³-hybridized carbons (Fsp3) is 0.417. The molecule has 3 saturated heterocycles. The molecule has 1 unspecified atom stereocenters. The van der Waals surface area contributed by atoms with Crippen LogP contribution in [0.5, 0.6) is 11.5 Å². The number of carbonyl (C=O) groups excluding carboxylic acids is 3. The number of amides is 3. The van der Waals surface area contributed by atoms with E-state index in [-0.39, 0.29) is 35.1 Å². The third kappa shape index (κ3) is 5.23. The van der Waals surface area contributed by atoms with Crippen LogP contribution in [0.2, 0.25) is 0 Å². The molecule has 13 nitrogen and oxygen atoms in total. The summed E-state index contributed by atoms with van der Waals surface area (Å²) in [6.45, 7) is 4.85. The molecule has 0 radical (unpaired) electrons. The zero-order chi connectivity index (χ0) is 34.0. The lowest BCUT2D eigenvalue weighted by molar-refractivity contribution is -0.136. The minimum absolute atomic E-state index is 0.110. The van der Waals surface area contributed by atoms with Gasteiger partial charge in [0.1, 0.15) is 17.5 Å². The molecule has 254 valence electrons. The number of likely N-dealkylation sites (tertiary alicyclic amines) is 1. The highest BCUT2D eigenvalue weighted by Gasteiger charge is 2.46. The number of nitrogens with zero attached hydrogens (tertiary/aromatic N) is 5. The van der Waals surface area contributed by atoms with Gasteiger partial charge in [-0.15, -0.1) is 0 Å². The number of hydrogen-bond donors (Lipinski definition) is 2. The summed E-state index contributed by atoms with van der Waals surface area (Å²) < 4.78 is 13.4. The van der Waals surface area contributed by atoms with Crippen molar-refractivity contribution in [2.75, 3.05) is 45.3 Å². The quantitative estimate of drug-likeness (QED) is 0.285. The number of carbonyl (C=O) groups is 3. The number of nitrogens with one attached hydrogen (secondary N) is 2. The van der Waals surface area contributed by atoms with Gasteiger partial charge in [0.25, 0.3) is 11.5 Å². The van der Waals surface area contributed by atoms with E-state index in [0.717, 1.165) is 78.5 Å². The standard InChI is InChI=1S/C36H39N7O6/c1-40-17-26(32-25(34(40)46)15-37-39-32)22-12-29(48-2)27(30(13-22)49-3)18-41-10-8-36(9-11-41)19-42(20-36)23-5-4-21-16-43(35(47)24(21)14-23)28-6-7-31(44)38-33(28)45/h4-5,12-15,17,28H,6-11,16,18-20H2,1-3H3,(H,37,39)(H,38,44,45). The van der Waals surface area contributed by atoms with Crippen molar-refractivity contribution in [1.29, 1.82) is 0 Å². The third-order valence-electron chi connectivity index (χ3n) is 10.9. The lowest BCUT2D eigenvalue weighted by atomic mass is 9.71. The molecule has 49 heavy (non-hydrogen) atoms. The molecule has 4 aliphatic rings. The normalized spacial score (nSPS) is 20.5. The Hall–Kier alpha value is -5.17. The molecule has 3 amide bonds. The van der Waals surface area contributed by atoms with Crippen LogP contribution in [-0.4, -0.2) is 88.7 Å². The topological polar surface area (TPSA) is 142 Å². The molecular weight excluding hydrogens is 626 g/mol. The van der Waals surface area contributed by atoms with Crippen LogP contribution in [0.3, 0.4) is 0 Å². The smallest absolute Gasteiger partial charge is 0.261 e. The Bertz CT molecular complexity index is 2040. The molecule has 3 fully saturated rings. The van der Waals surface area contributed by atoms with Gasteiger partial charge in [-0.1, -0.05) is 6.07 Å². The minimum Gasteiger partial charge on any atom is -0.496 e. The van der Waals surface area contributed by atoms with Gasteiger partial charge in [0.2, 0.25) is 11.8 Å². The van der Waals surface area contributed by atoms with E-state index in [1.165, 1.54) is 0 Å². The van der Waals surface area contributed by atoms with E-state index < -0.39 is 6.04 Å². The van der Waals surface area contributed by atoms with E-state index in [0.29, 0.717) is 36.0 Å². The van der Waals surface area contributed by atoms with Crippen molar-refractivity contribution in [1.82, 2.24) is 29.9 Å². The maximum absolute atomic E-state index is 13.3. The first kappa shape index (κ1) is 31.1. The molecule has 6 heterocycles. The predicted molar refractivity (Wildman–Crippen MR) is 182 cm³/mol. The van der Waals surface area contributed by atoms with E-state index in [9.17, 15) is 19.2 Å². The van der Waals surface area contributed by atoms with Gasteiger partial charge in [-0.3, -0.25) is 34.5 Å². The fourth-order valence-electron chi connectivity index (χ4n) is 8.09. The number of aromatic nitrogens is 3. The van der Waals surface area contributed by atoms with Crippen molar-refractivity contribution in [3.8, 4) is 22.6 Å². The monoisotopic (exact) mass is 665 g/mol. The van der Waals surface area contributed by atoms with Crippen LogP contribution in [0.15, 0.2) is 47.5 Å². The van der Waals surface area contributed by atoms with Gasteiger partial charge in [0.05, 0.1) is 36.9 Å². The second kappa shape index (κ2) is 11.8. The number of benzene rings is 2. The summed E-state index contributed by atoms with van der Waals surface area (Å²) in [5.74, 6) is 0.647. The number of aromatic amines is 1. The highest BCUT2D eigenvalue weighted by atomic mass is 16.5. The number of rotatable bonds is 7. The van der Waals surface area contributed by atoms with Crippen LogP contribution in [0.4, 0.5) is 5.69 Å². The highest BCUT2D eigenvalue weighted by molar-refractivity contribution is 6.05. The lowest BCUT2D eigenvalue weighted by Crippen LogP contribution is -2.60. The Balaban J connectivity index is 0.925. The van der Waals surface area contributed by atoms with Crippen LogP contribution in [0.1, 0.15) is 47.2 Å². The van der Waals surface area contributed by atoms with Gasteiger partial charge in [-0.25, -0.2) is 0 Å². The fourth-order valence-corrected chi connectivity index (χ4v) is 8.09. The summed E-state index contributed by atoms with van der Waals surface area (Å²) in [6.07, 6.45) is 6.10. The molecular formula is C36H39N7O6. The minimum atomic E-state index is -0.607. The maximum Gasteiger partial charge on any atom is 0.261 e. The van der Waals surface area contributed by atoms with E-state index in [1.54, 1.807) is 43.1 Å². The number of ether oxygens (including phenoxy) is 2. The van der Waals surface area contributed by atoms with Gasteiger partial charge < -0.3 is 23.8 Å². The molecule has 0 bridgehead atoms. The first-order valence-electron chi connectivity index (χ1n) is 16.7. The van der Waals surface area contributed by atoms with Crippen LogP contribution in [0, 0.1) is 5.41 Å². The Morgan fingerprint density at radius 1 is 0.980 bits per heavy atom. The summed E-state index contributed by atoms with van der Waals surface area (Å²) in [5.41, 5.74) is 6.10. The molecule has 1 atom stereocenters.